The molecular formula is C15H24BrN3OS. The molecule has 6 heteroatoms. The molecule has 0 saturated carbocycles. The quantitative estimate of drug-likeness (QED) is 0.862. The van der Waals surface area contributed by atoms with Gasteiger partial charge in [0.2, 0.25) is 5.91 Å². The van der Waals surface area contributed by atoms with Gasteiger partial charge >= 0.3 is 0 Å². The zero-order valence-electron chi connectivity index (χ0n) is 12.7. The van der Waals surface area contributed by atoms with Crippen LogP contribution in [0.25, 0.3) is 0 Å². The van der Waals surface area contributed by atoms with Crippen molar-refractivity contribution in [3.8, 4) is 0 Å². The van der Waals surface area contributed by atoms with Gasteiger partial charge in [0.05, 0.1) is 16.9 Å². The van der Waals surface area contributed by atoms with E-state index in [2.05, 4.69) is 33.8 Å². The van der Waals surface area contributed by atoms with E-state index in [4.69, 9.17) is 5.73 Å². The minimum atomic E-state index is 0.190. The second kappa shape index (κ2) is 7.72. The molecule has 0 bridgehead atoms. The second-order valence-electron chi connectivity index (χ2n) is 5.78. The molecule has 1 amide bonds. The Kier molecular flexibility index (Phi) is 6.22. The molecule has 2 rings (SSSR count). The van der Waals surface area contributed by atoms with Crippen molar-refractivity contribution in [2.45, 2.75) is 32.9 Å². The minimum absolute atomic E-state index is 0.190. The summed E-state index contributed by atoms with van der Waals surface area (Å²) in [6.07, 6.45) is 1.08. The topological polar surface area (TPSA) is 49.6 Å². The normalized spacial score (nSPS) is 23.2. The number of piperidine rings is 1. The van der Waals surface area contributed by atoms with Gasteiger partial charge in [-0.2, -0.15) is 0 Å². The van der Waals surface area contributed by atoms with Crippen LogP contribution in [0.1, 0.15) is 25.1 Å². The van der Waals surface area contributed by atoms with E-state index in [-0.39, 0.29) is 11.9 Å². The fraction of sp³-hybridized carbons (Fsp3) is 0.667. The van der Waals surface area contributed by atoms with Crippen molar-refractivity contribution < 1.29 is 4.79 Å². The maximum Gasteiger partial charge on any atom is 0.237 e. The predicted octanol–water partition coefficient (Wildman–Crippen LogP) is 2.53. The van der Waals surface area contributed by atoms with Crippen LogP contribution in [-0.4, -0.2) is 47.9 Å². The fourth-order valence-electron chi connectivity index (χ4n) is 2.61. The van der Waals surface area contributed by atoms with E-state index in [1.165, 1.54) is 4.88 Å². The molecule has 118 valence electrons. The number of likely N-dealkylation sites (N-methyl/N-ethyl adjacent to an activating group) is 1. The maximum absolute atomic E-state index is 12.5. The van der Waals surface area contributed by atoms with Crippen molar-refractivity contribution in [2.75, 3.05) is 26.2 Å². The van der Waals surface area contributed by atoms with E-state index in [9.17, 15) is 4.79 Å². The van der Waals surface area contributed by atoms with Gasteiger partial charge in [0.25, 0.3) is 0 Å². The monoisotopic (exact) mass is 373 g/mol. The summed E-state index contributed by atoms with van der Waals surface area (Å²) in [6.45, 7) is 7.95. The van der Waals surface area contributed by atoms with E-state index >= 15 is 0 Å². The lowest BCUT2D eigenvalue weighted by Gasteiger charge is -2.35. The molecular weight excluding hydrogens is 350 g/mol. The lowest BCUT2D eigenvalue weighted by Crippen LogP contribution is -2.50. The fourth-order valence-corrected chi connectivity index (χ4v) is 4.10. The number of carbonyl (C=O) groups is 1. The molecule has 0 radical (unpaired) electrons. The number of thiophene rings is 1. The lowest BCUT2D eigenvalue weighted by molar-refractivity contribution is -0.133. The number of carbonyl (C=O) groups excluding carboxylic acids is 1. The average Bonchev–Trinajstić information content (AvgIpc) is 2.85. The molecule has 2 heterocycles. The summed E-state index contributed by atoms with van der Waals surface area (Å²) in [6, 6.07) is 4.29. The number of nitrogens with zero attached hydrogens (tertiary/aromatic N) is 2. The molecule has 0 aromatic carbocycles. The molecule has 1 aliphatic rings. The van der Waals surface area contributed by atoms with Gasteiger partial charge in [-0.05, 0) is 53.9 Å². The van der Waals surface area contributed by atoms with Gasteiger partial charge in [0.15, 0.2) is 0 Å². The summed E-state index contributed by atoms with van der Waals surface area (Å²) in [5.41, 5.74) is 6.11. The van der Waals surface area contributed by atoms with Gasteiger partial charge in [0.1, 0.15) is 0 Å². The number of hydrogen-bond donors (Lipinski definition) is 1. The van der Waals surface area contributed by atoms with Gasteiger partial charge in [-0.3, -0.25) is 9.69 Å². The Morgan fingerprint density at radius 1 is 1.57 bits per heavy atom. The number of hydrogen-bond acceptors (Lipinski definition) is 4. The highest BCUT2D eigenvalue weighted by Gasteiger charge is 2.25. The van der Waals surface area contributed by atoms with Crippen LogP contribution >= 0.6 is 27.3 Å². The molecule has 2 N–H and O–H groups in total. The zero-order chi connectivity index (χ0) is 15.4. The first-order chi connectivity index (χ1) is 9.99. The van der Waals surface area contributed by atoms with E-state index in [0.717, 1.165) is 29.8 Å². The molecule has 4 nitrogen and oxygen atoms in total. The Balaban J connectivity index is 1.88. The van der Waals surface area contributed by atoms with Crippen LogP contribution in [0.15, 0.2) is 15.9 Å². The standard InChI is InChI=1S/C15H24BrN3OS/c1-3-19(8-12-4-5-14(16)21-12)15(20)10-18-7-6-11(2)13(17)9-18/h4-5,11,13H,3,6-10,17H2,1-2H3. The van der Waals surface area contributed by atoms with Gasteiger partial charge < -0.3 is 10.6 Å². The van der Waals surface area contributed by atoms with Crippen molar-refractivity contribution in [1.29, 1.82) is 0 Å². The highest BCUT2D eigenvalue weighted by Crippen LogP contribution is 2.23. The Morgan fingerprint density at radius 3 is 2.90 bits per heavy atom. The Hall–Kier alpha value is -0.430. The molecule has 2 unspecified atom stereocenters. The Morgan fingerprint density at radius 2 is 2.33 bits per heavy atom. The molecule has 0 spiro atoms. The van der Waals surface area contributed by atoms with Crippen molar-refractivity contribution in [3.63, 3.8) is 0 Å². The predicted molar refractivity (Wildman–Crippen MR) is 91.3 cm³/mol. The molecule has 1 fully saturated rings. The smallest absolute Gasteiger partial charge is 0.237 e. The van der Waals surface area contributed by atoms with Crippen LogP contribution in [0, 0.1) is 5.92 Å². The largest absolute Gasteiger partial charge is 0.337 e. The van der Waals surface area contributed by atoms with Gasteiger partial charge in [-0.1, -0.05) is 6.92 Å². The van der Waals surface area contributed by atoms with E-state index in [1.54, 1.807) is 11.3 Å². The van der Waals surface area contributed by atoms with Crippen LogP contribution in [0.2, 0.25) is 0 Å². The molecule has 0 aliphatic carbocycles. The summed E-state index contributed by atoms with van der Waals surface area (Å²) in [5.74, 6) is 0.755. The number of amides is 1. The van der Waals surface area contributed by atoms with Gasteiger partial charge in [0, 0.05) is 24.0 Å². The summed E-state index contributed by atoms with van der Waals surface area (Å²) < 4.78 is 1.11. The van der Waals surface area contributed by atoms with E-state index < -0.39 is 0 Å². The van der Waals surface area contributed by atoms with Crippen LogP contribution in [-0.2, 0) is 11.3 Å². The summed E-state index contributed by atoms with van der Waals surface area (Å²) in [4.78, 5) is 17.8. The molecule has 1 aromatic rings. The molecule has 2 atom stereocenters. The van der Waals surface area contributed by atoms with Crippen molar-refractivity contribution in [3.05, 3.63) is 20.8 Å². The second-order valence-corrected chi connectivity index (χ2v) is 8.33. The van der Waals surface area contributed by atoms with Crippen LogP contribution in [0.5, 0.6) is 0 Å². The Bertz CT molecular complexity index is 479. The first-order valence-corrected chi connectivity index (χ1v) is 9.10. The SMILES string of the molecule is CCN(Cc1ccc(Br)s1)C(=O)CN1CCC(C)C(N)C1. The average molecular weight is 374 g/mol. The number of likely N-dealkylation sites (tertiary alicyclic amines) is 1. The van der Waals surface area contributed by atoms with E-state index in [1.807, 2.05) is 17.9 Å². The van der Waals surface area contributed by atoms with Crippen molar-refractivity contribution in [1.82, 2.24) is 9.80 Å². The van der Waals surface area contributed by atoms with Crippen molar-refractivity contribution >= 4 is 33.2 Å². The van der Waals surface area contributed by atoms with Crippen molar-refractivity contribution in [2.24, 2.45) is 11.7 Å². The van der Waals surface area contributed by atoms with Crippen LogP contribution < -0.4 is 5.73 Å². The third-order valence-corrected chi connectivity index (χ3v) is 5.78. The third-order valence-electron chi connectivity index (χ3n) is 4.17. The molecule has 1 aliphatic heterocycles. The summed E-state index contributed by atoms with van der Waals surface area (Å²) in [7, 11) is 0. The lowest BCUT2D eigenvalue weighted by atomic mass is 9.94. The molecule has 1 aromatic heterocycles. The third kappa shape index (κ3) is 4.77. The van der Waals surface area contributed by atoms with Gasteiger partial charge in [-0.25, -0.2) is 0 Å². The summed E-state index contributed by atoms with van der Waals surface area (Å²) >= 11 is 5.15. The maximum atomic E-state index is 12.5. The summed E-state index contributed by atoms with van der Waals surface area (Å²) in [5, 5.41) is 0. The number of rotatable bonds is 5. The first kappa shape index (κ1) is 16.9. The molecule has 1 saturated heterocycles. The van der Waals surface area contributed by atoms with E-state index in [0.29, 0.717) is 19.0 Å². The zero-order valence-corrected chi connectivity index (χ0v) is 15.1. The van der Waals surface area contributed by atoms with Crippen LogP contribution in [0.4, 0.5) is 0 Å². The number of halogens is 1. The first-order valence-electron chi connectivity index (χ1n) is 7.49. The molecule has 21 heavy (non-hydrogen) atoms. The highest BCUT2D eigenvalue weighted by molar-refractivity contribution is 9.11. The minimum Gasteiger partial charge on any atom is -0.337 e. The highest BCUT2D eigenvalue weighted by atomic mass is 79.9. The van der Waals surface area contributed by atoms with Gasteiger partial charge in [-0.15, -0.1) is 11.3 Å². The number of nitrogens with two attached hydrogens (primary N) is 1. The Labute approximate surface area is 139 Å². The van der Waals surface area contributed by atoms with Crippen LogP contribution in [0.3, 0.4) is 0 Å².